The van der Waals surface area contributed by atoms with Crippen molar-refractivity contribution in [3.8, 4) is 5.88 Å². The summed E-state index contributed by atoms with van der Waals surface area (Å²) in [6.07, 6.45) is 0. The van der Waals surface area contributed by atoms with Crippen molar-refractivity contribution in [2.45, 2.75) is 13.8 Å². The summed E-state index contributed by atoms with van der Waals surface area (Å²) in [6.45, 7) is 8.44. The fourth-order valence-electron chi connectivity index (χ4n) is 2.68. The molecule has 0 N–H and O–H groups in total. The van der Waals surface area contributed by atoms with Gasteiger partial charge in [0.15, 0.2) is 0 Å². The third kappa shape index (κ3) is 3.30. The smallest absolute Gasteiger partial charge is 0.215 e. The Labute approximate surface area is 131 Å². The molecule has 2 aromatic heterocycles. The molecular weight excluding hydrogens is 276 g/mol. The summed E-state index contributed by atoms with van der Waals surface area (Å²) in [5.41, 5.74) is 1.06. The zero-order valence-electron chi connectivity index (χ0n) is 13.2. The molecule has 0 atom stereocenters. The molecule has 3 heterocycles. The van der Waals surface area contributed by atoms with Crippen molar-refractivity contribution < 1.29 is 4.74 Å². The number of ether oxygens (including phenoxy) is 1. The van der Waals surface area contributed by atoms with Gasteiger partial charge in [0.25, 0.3) is 0 Å². The number of anilines is 2. The van der Waals surface area contributed by atoms with Crippen molar-refractivity contribution >= 4 is 11.6 Å². The standard InChI is InChI=1S/C17H22N4O/c1-3-22-17-9-5-8-16(19-17)21-12-10-20(11-13-21)15-7-4-6-14(2)18-15/h4-9H,3,10-13H2,1-2H3. The molecule has 0 amide bonds. The van der Waals surface area contributed by atoms with Crippen LogP contribution in [-0.4, -0.2) is 42.8 Å². The fraction of sp³-hybridized carbons (Fsp3) is 0.412. The molecule has 0 bridgehead atoms. The van der Waals surface area contributed by atoms with Crippen molar-refractivity contribution in [2.75, 3.05) is 42.6 Å². The molecule has 5 nitrogen and oxygen atoms in total. The largest absolute Gasteiger partial charge is 0.478 e. The fourth-order valence-corrected chi connectivity index (χ4v) is 2.68. The Bertz CT molecular complexity index is 624. The minimum atomic E-state index is 0.642. The molecule has 22 heavy (non-hydrogen) atoms. The van der Waals surface area contributed by atoms with Gasteiger partial charge in [0, 0.05) is 37.9 Å². The quantitative estimate of drug-likeness (QED) is 0.867. The molecule has 3 rings (SSSR count). The van der Waals surface area contributed by atoms with Crippen LogP contribution in [0.2, 0.25) is 0 Å². The number of nitrogens with zero attached hydrogens (tertiary/aromatic N) is 4. The maximum Gasteiger partial charge on any atom is 0.215 e. The molecule has 0 spiro atoms. The zero-order chi connectivity index (χ0) is 15.4. The van der Waals surface area contributed by atoms with Crippen molar-refractivity contribution in [2.24, 2.45) is 0 Å². The van der Waals surface area contributed by atoms with Gasteiger partial charge in [-0.05, 0) is 32.0 Å². The van der Waals surface area contributed by atoms with Crippen molar-refractivity contribution in [3.63, 3.8) is 0 Å². The molecular formula is C17H22N4O. The first kappa shape index (κ1) is 14.6. The van der Waals surface area contributed by atoms with Crippen LogP contribution in [-0.2, 0) is 0 Å². The Morgan fingerprint density at radius 1 is 0.909 bits per heavy atom. The van der Waals surface area contributed by atoms with Crippen LogP contribution >= 0.6 is 0 Å². The third-order valence-electron chi connectivity index (χ3n) is 3.80. The van der Waals surface area contributed by atoms with Crippen molar-refractivity contribution in [3.05, 3.63) is 42.1 Å². The number of aromatic nitrogens is 2. The summed E-state index contributed by atoms with van der Waals surface area (Å²) >= 11 is 0. The van der Waals surface area contributed by atoms with Crippen LogP contribution in [0.3, 0.4) is 0 Å². The van der Waals surface area contributed by atoms with Crippen LogP contribution in [0.1, 0.15) is 12.6 Å². The van der Waals surface area contributed by atoms with E-state index in [9.17, 15) is 0 Å². The summed E-state index contributed by atoms with van der Waals surface area (Å²) in [5, 5.41) is 0. The van der Waals surface area contributed by atoms with Crippen LogP contribution in [0.15, 0.2) is 36.4 Å². The number of pyridine rings is 2. The third-order valence-corrected chi connectivity index (χ3v) is 3.80. The van der Waals surface area contributed by atoms with Crippen LogP contribution in [0, 0.1) is 6.92 Å². The van der Waals surface area contributed by atoms with Crippen LogP contribution in [0.4, 0.5) is 11.6 Å². The maximum absolute atomic E-state index is 5.48. The summed E-state index contributed by atoms with van der Waals surface area (Å²) in [7, 11) is 0. The van der Waals surface area contributed by atoms with E-state index in [1.54, 1.807) is 0 Å². The number of aryl methyl sites for hydroxylation is 1. The van der Waals surface area contributed by atoms with Gasteiger partial charge in [0.05, 0.1) is 6.61 Å². The van der Waals surface area contributed by atoms with Gasteiger partial charge < -0.3 is 14.5 Å². The SMILES string of the molecule is CCOc1cccc(N2CCN(c3cccc(C)n3)CC2)n1. The summed E-state index contributed by atoms with van der Waals surface area (Å²) in [5.74, 6) is 2.75. The molecule has 2 aromatic rings. The van der Waals surface area contributed by atoms with E-state index in [4.69, 9.17) is 4.74 Å². The number of piperazine rings is 1. The van der Waals surface area contributed by atoms with E-state index in [-0.39, 0.29) is 0 Å². The van der Waals surface area contributed by atoms with Gasteiger partial charge in [-0.3, -0.25) is 0 Å². The van der Waals surface area contributed by atoms with E-state index in [1.165, 1.54) is 0 Å². The second kappa shape index (κ2) is 6.64. The Morgan fingerprint density at radius 3 is 2.09 bits per heavy atom. The van der Waals surface area contributed by atoms with Gasteiger partial charge in [0.2, 0.25) is 5.88 Å². The molecule has 5 heteroatoms. The van der Waals surface area contributed by atoms with Gasteiger partial charge in [-0.15, -0.1) is 0 Å². The van der Waals surface area contributed by atoms with Crippen LogP contribution in [0.25, 0.3) is 0 Å². The van der Waals surface area contributed by atoms with E-state index in [0.717, 1.165) is 43.5 Å². The Hall–Kier alpha value is -2.30. The lowest BCUT2D eigenvalue weighted by Gasteiger charge is -2.36. The van der Waals surface area contributed by atoms with Crippen molar-refractivity contribution in [1.82, 2.24) is 9.97 Å². The summed E-state index contributed by atoms with van der Waals surface area (Å²) < 4.78 is 5.48. The number of rotatable bonds is 4. The highest BCUT2D eigenvalue weighted by molar-refractivity contribution is 5.46. The van der Waals surface area contributed by atoms with Gasteiger partial charge in [0.1, 0.15) is 11.6 Å². The highest BCUT2D eigenvalue weighted by atomic mass is 16.5. The zero-order valence-corrected chi connectivity index (χ0v) is 13.2. The Balaban J connectivity index is 1.65. The topological polar surface area (TPSA) is 41.5 Å². The molecule has 1 saturated heterocycles. The average molecular weight is 298 g/mol. The lowest BCUT2D eigenvalue weighted by molar-refractivity contribution is 0.327. The molecule has 1 fully saturated rings. The first-order valence-electron chi connectivity index (χ1n) is 7.79. The Kier molecular flexibility index (Phi) is 4.42. The molecule has 1 aliphatic heterocycles. The Morgan fingerprint density at radius 2 is 1.50 bits per heavy atom. The second-order valence-corrected chi connectivity index (χ2v) is 5.38. The van der Waals surface area contributed by atoms with E-state index in [0.29, 0.717) is 12.5 Å². The molecule has 116 valence electrons. The molecule has 0 aliphatic carbocycles. The van der Waals surface area contributed by atoms with E-state index < -0.39 is 0 Å². The molecule has 0 radical (unpaired) electrons. The maximum atomic E-state index is 5.48. The van der Waals surface area contributed by atoms with E-state index in [1.807, 2.05) is 38.1 Å². The highest BCUT2D eigenvalue weighted by Gasteiger charge is 2.19. The first-order chi connectivity index (χ1) is 10.8. The normalized spacial score (nSPS) is 15.0. The summed E-state index contributed by atoms with van der Waals surface area (Å²) in [6, 6.07) is 12.1. The predicted octanol–water partition coefficient (Wildman–Crippen LogP) is 2.51. The van der Waals surface area contributed by atoms with E-state index in [2.05, 4.69) is 31.9 Å². The van der Waals surface area contributed by atoms with Gasteiger partial charge in [-0.25, -0.2) is 4.98 Å². The first-order valence-corrected chi connectivity index (χ1v) is 7.79. The van der Waals surface area contributed by atoms with Crippen LogP contribution in [0.5, 0.6) is 5.88 Å². The average Bonchev–Trinajstić information content (AvgIpc) is 2.56. The second-order valence-electron chi connectivity index (χ2n) is 5.38. The molecule has 0 aromatic carbocycles. The number of hydrogen-bond acceptors (Lipinski definition) is 5. The summed E-state index contributed by atoms with van der Waals surface area (Å²) in [4.78, 5) is 13.8. The monoisotopic (exact) mass is 298 g/mol. The molecule has 0 unspecified atom stereocenters. The van der Waals surface area contributed by atoms with Gasteiger partial charge in [-0.2, -0.15) is 4.98 Å². The van der Waals surface area contributed by atoms with Gasteiger partial charge >= 0.3 is 0 Å². The molecule has 1 aliphatic rings. The van der Waals surface area contributed by atoms with Gasteiger partial charge in [-0.1, -0.05) is 12.1 Å². The molecule has 0 saturated carbocycles. The van der Waals surface area contributed by atoms with Crippen LogP contribution < -0.4 is 14.5 Å². The lowest BCUT2D eigenvalue weighted by atomic mass is 10.3. The van der Waals surface area contributed by atoms with Crippen molar-refractivity contribution in [1.29, 1.82) is 0 Å². The van der Waals surface area contributed by atoms with E-state index >= 15 is 0 Å². The minimum Gasteiger partial charge on any atom is -0.478 e. The highest BCUT2D eigenvalue weighted by Crippen LogP contribution is 2.20. The predicted molar refractivity (Wildman–Crippen MR) is 88.8 cm³/mol. The minimum absolute atomic E-state index is 0.642. The number of hydrogen-bond donors (Lipinski definition) is 0. The lowest BCUT2D eigenvalue weighted by Crippen LogP contribution is -2.47.